The van der Waals surface area contributed by atoms with E-state index in [4.69, 9.17) is 14.2 Å². The van der Waals surface area contributed by atoms with Crippen molar-refractivity contribution in [2.24, 2.45) is 0 Å². The van der Waals surface area contributed by atoms with Crippen LogP contribution in [0.25, 0.3) is 0 Å². The van der Waals surface area contributed by atoms with Crippen LogP contribution in [0.4, 0.5) is 5.69 Å². The molecule has 2 aliphatic rings. The molecule has 2 aliphatic heterocycles. The molecule has 180 valence electrons. The first kappa shape index (κ1) is 24.4. The number of halogens is 1. The number of alkyl halides is 1. The maximum absolute atomic E-state index is 5.58. The van der Waals surface area contributed by atoms with Crippen molar-refractivity contribution in [2.45, 2.75) is 23.3 Å². The standard InChI is InChI=1S/C26H36IN3O3/c1-31-23-10-5-4-9-22(23)29-16-14-28(15-17-29)11-7-13-30-12-6-8-20-18-24(32-2)25(33-3)19-21(20)26(30)27/h4-5,9-10,18-19,26H,6-8,11-17H2,1-3H3. The second-order valence-electron chi connectivity index (χ2n) is 8.74. The lowest BCUT2D eigenvalue weighted by atomic mass is 10.0. The van der Waals surface area contributed by atoms with E-state index in [1.54, 1.807) is 21.3 Å². The summed E-state index contributed by atoms with van der Waals surface area (Å²) in [5, 5.41) is 0. The summed E-state index contributed by atoms with van der Waals surface area (Å²) < 4.78 is 17.0. The molecule has 33 heavy (non-hydrogen) atoms. The minimum atomic E-state index is 0.363. The van der Waals surface area contributed by atoms with Gasteiger partial charge in [-0.25, -0.2) is 0 Å². The zero-order valence-electron chi connectivity index (χ0n) is 20.1. The lowest BCUT2D eigenvalue weighted by Gasteiger charge is -2.37. The third kappa shape index (κ3) is 5.69. The summed E-state index contributed by atoms with van der Waals surface area (Å²) >= 11 is 2.60. The molecule has 0 saturated carbocycles. The Balaban J connectivity index is 1.29. The van der Waals surface area contributed by atoms with E-state index in [0.717, 1.165) is 69.5 Å². The first-order valence-corrected chi connectivity index (χ1v) is 13.1. The third-order valence-corrected chi connectivity index (χ3v) is 8.29. The highest BCUT2D eigenvalue weighted by atomic mass is 127. The van der Waals surface area contributed by atoms with Gasteiger partial charge in [-0.1, -0.05) is 34.7 Å². The molecule has 7 heteroatoms. The highest BCUT2D eigenvalue weighted by Gasteiger charge is 2.26. The molecule has 0 radical (unpaired) electrons. The Morgan fingerprint density at radius 3 is 2.27 bits per heavy atom. The molecule has 0 N–H and O–H groups in total. The molecule has 2 aromatic rings. The van der Waals surface area contributed by atoms with Gasteiger partial charge in [-0.2, -0.15) is 0 Å². The Hall–Kier alpha value is -1.71. The highest BCUT2D eigenvalue weighted by molar-refractivity contribution is 14.1. The van der Waals surface area contributed by atoms with Crippen molar-refractivity contribution in [3.05, 3.63) is 47.5 Å². The van der Waals surface area contributed by atoms with E-state index in [2.05, 4.69) is 61.6 Å². The summed E-state index contributed by atoms with van der Waals surface area (Å²) in [6.07, 6.45) is 3.47. The molecular weight excluding hydrogens is 529 g/mol. The fourth-order valence-electron chi connectivity index (χ4n) is 4.98. The predicted octanol–water partition coefficient (Wildman–Crippen LogP) is 4.61. The summed E-state index contributed by atoms with van der Waals surface area (Å²) in [5.41, 5.74) is 3.97. The van der Waals surface area contributed by atoms with Crippen molar-refractivity contribution >= 4 is 28.3 Å². The molecule has 1 unspecified atom stereocenters. The molecule has 4 rings (SSSR count). The van der Waals surface area contributed by atoms with Crippen LogP contribution in [0.3, 0.4) is 0 Å². The van der Waals surface area contributed by atoms with E-state index < -0.39 is 0 Å². The number of anilines is 1. The minimum Gasteiger partial charge on any atom is -0.495 e. The largest absolute Gasteiger partial charge is 0.495 e. The molecule has 0 aliphatic carbocycles. The van der Waals surface area contributed by atoms with Gasteiger partial charge in [-0.15, -0.1) is 0 Å². The van der Waals surface area contributed by atoms with E-state index >= 15 is 0 Å². The maximum Gasteiger partial charge on any atom is 0.161 e. The van der Waals surface area contributed by atoms with E-state index in [0.29, 0.717) is 4.05 Å². The maximum atomic E-state index is 5.58. The van der Waals surface area contributed by atoms with Crippen molar-refractivity contribution in [3.63, 3.8) is 0 Å². The number of nitrogens with zero attached hydrogens (tertiary/aromatic N) is 3. The zero-order valence-corrected chi connectivity index (χ0v) is 22.2. The van der Waals surface area contributed by atoms with Gasteiger partial charge >= 0.3 is 0 Å². The number of fused-ring (bicyclic) bond motifs is 1. The van der Waals surface area contributed by atoms with Crippen LogP contribution in [0.2, 0.25) is 0 Å². The van der Waals surface area contributed by atoms with Gasteiger partial charge < -0.3 is 19.1 Å². The number of para-hydroxylation sites is 2. The molecule has 2 heterocycles. The monoisotopic (exact) mass is 565 g/mol. The van der Waals surface area contributed by atoms with Crippen LogP contribution < -0.4 is 19.1 Å². The highest BCUT2D eigenvalue weighted by Crippen LogP contribution is 2.40. The van der Waals surface area contributed by atoms with Gasteiger partial charge in [0, 0.05) is 32.7 Å². The average Bonchev–Trinajstić information content (AvgIpc) is 3.01. The molecule has 0 amide bonds. The molecule has 6 nitrogen and oxygen atoms in total. The number of methoxy groups -OCH3 is 3. The Morgan fingerprint density at radius 1 is 0.848 bits per heavy atom. The molecule has 2 aromatic carbocycles. The fraction of sp³-hybridized carbons (Fsp3) is 0.538. The van der Waals surface area contributed by atoms with Gasteiger partial charge in [0.05, 0.1) is 31.1 Å². The van der Waals surface area contributed by atoms with Gasteiger partial charge in [0.15, 0.2) is 11.5 Å². The van der Waals surface area contributed by atoms with Crippen LogP contribution in [0.15, 0.2) is 36.4 Å². The second kappa shape index (κ2) is 11.6. The molecule has 0 bridgehead atoms. The SMILES string of the molecule is COc1cc2c(cc1OC)C(I)N(CCCN1CCN(c3ccccc3OC)CC1)CCC2. The Morgan fingerprint density at radius 2 is 1.55 bits per heavy atom. The van der Waals surface area contributed by atoms with Crippen molar-refractivity contribution in [2.75, 3.05) is 72.0 Å². The topological polar surface area (TPSA) is 37.4 Å². The fourth-order valence-corrected chi connectivity index (χ4v) is 6.12. The van der Waals surface area contributed by atoms with Crippen LogP contribution in [0, 0.1) is 0 Å². The minimum absolute atomic E-state index is 0.363. The molecule has 1 saturated heterocycles. The van der Waals surface area contributed by atoms with Crippen LogP contribution in [0.1, 0.15) is 28.0 Å². The molecule has 1 atom stereocenters. The van der Waals surface area contributed by atoms with Crippen molar-refractivity contribution < 1.29 is 14.2 Å². The Kier molecular flexibility index (Phi) is 8.60. The van der Waals surface area contributed by atoms with Gasteiger partial charge in [0.1, 0.15) is 5.75 Å². The lowest BCUT2D eigenvalue weighted by Crippen LogP contribution is -2.47. The normalized spacial score (nSPS) is 19.6. The first-order valence-electron chi connectivity index (χ1n) is 11.9. The van der Waals surface area contributed by atoms with Crippen molar-refractivity contribution in [1.29, 1.82) is 0 Å². The molecular formula is C26H36IN3O3. The summed E-state index contributed by atoms with van der Waals surface area (Å²) in [7, 11) is 5.18. The van der Waals surface area contributed by atoms with E-state index in [1.807, 2.05) is 12.1 Å². The van der Waals surface area contributed by atoms with E-state index in [9.17, 15) is 0 Å². The number of rotatable bonds is 8. The first-order chi connectivity index (χ1) is 16.1. The average molecular weight is 565 g/mol. The number of hydrogen-bond donors (Lipinski definition) is 0. The van der Waals surface area contributed by atoms with Gasteiger partial charge in [0.2, 0.25) is 0 Å². The number of piperazine rings is 1. The number of benzene rings is 2. The van der Waals surface area contributed by atoms with E-state index in [1.165, 1.54) is 29.7 Å². The number of aryl methyl sites for hydroxylation is 1. The summed E-state index contributed by atoms with van der Waals surface area (Å²) in [6, 6.07) is 12.7. The van der Waals surface area contributed by atoms with Crippen LogP contribution in [-0.4, -0.2) is 76.9 Å². The molecule has 0 spiro atoms. The van der Waals surface area contributed by atoms with Crippen LogP contribution in [-0.2, 0) is 6.42 Å². The third-order valence-electron chi connectivity index (χ3n) is 6.83. The summed E-state index contributed by atoms with van der Waals surface area (Å²) in [5.74, 6) is 2.63. The summed E-state index contributed by atoms with van der Waals surface area (Å²) in [6.45, 7) is 7.71. The van der Waals surface area contributed by atoms with E-state index in [-0.39, 0.29) is 0 Å². The Labute approximate surface area is 211 Å². The van der Waals surface area contributed by atoms with Gasteiger partial charge in [-0.05, 0) is 67.7 Å². The molecule has 0 aromatic heterocycles. The number of hydrogen-bond acceptors (Lipinski definition) is 6. The van der Waals surface area contributed by atoms with Crippen LogP contribution >= 0.6 is 22.6 Å². The quantitative estimate of drug-likeness (QED) is 0.265. The van der Waals surface area contributed by atoms with Gasteiger partial charge in [0.25, 0.3) is 0 Å². The predicted molar refractivity (Wildman–Crippen MR) is 142 cm³/mol. The zero-order chi connectivity index (χ0) is 23.2. The summed E-state index contributed by atoms with van der Waals surface area (Å²) in [4.78, 5) is 7.68. The van der Waals surface area contributed by atoms with Crippen molar-refractivity contribution in [3.8, 4) is 17.2 Å². The lowest BCUT2D eigenvalue weighted by molar-refractivity contribution is 0.217. The number of ether oxygens (including phenoxy) is 3. The van der Waals surface area contributed by atoms with Crippen LogP contribution in [0.5, 0.6) is 17.2 Å². The van der Waals surface area contributed by atoms with Crippen molar-refractivity contribution in [1.82, 2.24) is 9.80 Å². The smallest absolute Gasteiger partial charge is 0.161 e. The molecule has 1 fully saturated rings. The second-order valence-corrected chi connectivity index (χ2v) is 9.92. The Bertz CT molecular complexity index is 918. The van der Waals surface area contributed by atoms with Gasteiger partial charge in [-0.3, -0.25) is 9.80 Å².